The molecular formula is C25H18Cl2N2OS. The van der Waals surface area contributed by atoms with Crippen molar-refractivity contribution in [2.75, 3.05) is 5.32 Å². The number of anilines is 1. The number of aryl methyl sites for hydroxylation is 1. The largest absolute Gasteiger partial charge is 0.508 e. The standard InChI is InChI=1S/C25H18Cl2N2OS/c1-14-5-4-8-21-23(14)28-25(31-21)29-24(16-9-11-18(26)19(27)13-16)22-17-7-3-2-6-15(17)10-12-20(22)30/h2-13,24,30H,1H3,(H,28,29). The molecule has 5 rings (SSSR count). The molecule has 31 heavy (non-hydrogen) atoms. The number of nitrogens with zero attached hydrogens (tertiary/aromatic N) is 1. The van der Waals surface area contributed by atoms with E-state index in [0.717, 1.165) is 42.8 Å². The summed E-state index contributed by atoms with van der Waals surface area (Å²) in [4.78, 5) is 4.82. The predicted octanol–water partition coefficient (Wildman–Crippen LogP) is 7.97. The van der Waals surface area contributed by atoms with E-state index in [1.54, 1.807) is 23.5 Å². The van der Waals surface area contributed by atoms with Gasteiger partial charge in [-0.05, 0) is 53.1 Å². The monoisotopic (exact) mass is 464 g/mol. The number of halogens is 2. The van der Waals surface area contributed by atoms with E-state index in [-0.39, 0.29) is 11.8 Å². The Bertz CT molecular complexity index is 1430. The van der Waals surface area contributed by atoms with Crippen LogP contribution >= 0.6 is 34.5 Å². The lowest BCUT2D eigenvalue weighted by atomic mass is 9.93. The molecule has 0 amide bonds. The van der Waals surface area contributed by atoms with Gasteiger partial charge in [-0.25, -0.2) is 4.98 Å². The number of rotatable bonds is 4. The molecule has 0 spiro atoms. The van der Waals surface area contributed by atoms with Gasteiger partial charge < -0.3 is 10.4 Å². The SMILES string of the molecule is Cc1cccc2sc(NC(c3ccc(Cl)c(Cl)c3)c3c(O)ccc4ccccc34)nc12. The molecule has 154 valence electrons. The number of phenolic OH excluding ortho intramolecular Hbond substituents is 1. The number of para-hydroxylation sites is 1. The maximum atomic E-state index is 10.9. The van der Waals surface area contributed by atoms with E-state index in [9.17, 15) is 5.11 Å². The number of hydrogen-bond donors (Lipinski definition) is 2. The van der Waals surface area contributed by atoms with Crippen LogP contribution in [0, 0.1) is 6.92 Å². The highest BCUT2D eigenvalue weighted by Gasteiger charge is 2.23. The highest BCUT2D eigenvalue weighted by molar-refractivity contribution is 7.22. The maximum absolute atomic E-state index is 10.9. The molecule has 1 heterocycles. The Morgan fingerprint density at radius 2 is 1.77 bits per heavy atom. The molecule has 0 fully saturated rings. The molecule has 2 N–H and O–H groups in total. The second-order valence-electron chi connectivity index (χ2n) is 7.41. The molecule has 4 aromatic carbocycles. The number of thiazole rings is 1. The van der Waals surface area contributed by atoms with E-state index >= 15 is 0 Å². The molecule has 3 nitrogen and oxygen atoms in total. The van der Waals surface area contributed by atoms with Crippen LogP contribution in [0.4, 0.5) is 5.13 Å². The number of aromatic nitrogens is 1. The van der Waals surface area contributed by atoms with Gasteiger partial charge in [0.2, 0.25) is 0 Å². The number of aromatic hydroxyl groups is 1. The number of benzene rings is 4. The molecule has 6 heteroatoms. The fourth-order valence-corrected chi connectivity index (χ4v) is 5.15. The second kappa shape index (κ2) is 8.04. The summed E-state index contributed by atoms with van der Waals surface area (Å²) >= 11 is 14.1. The van der Waals surface area contributed by atoms with Gasteiger partial charge in [0.1, 0.15) is 5.75 Å². The Morgan fingerprint density at radius 1 is 0.935 bits per heavy atom. The molecule has 0 radical (unpaired) electrons. The minimum absolute atomic E-state index is 0.208. The number of nitrogens with one attached hydrogen (secondary N) is 1. The molecule has 1 atom stereocenters. The van der Waals surface area contributed by atoms with Gasteiger partial charge in [0.15, 0.2) is 5.13 Å². The first kappa shape index (κ1) is 20.1. The van der Waals surface area contributed by atoms with Gasteiger partial charge in [0.25, 0.3) is 0 Å². The summed E-state index contributed by atoms with van der Waals surface area (Å²) in [6.45, 7) is 2.05. The van der Waals surface area contributed by atoms with E-state index in [4.69, 9.17) is 28.2 Å². The lowest BCUT2D eigenvalue weighted by Gasteiger charge is -2.22. The van der Waals surface area contributed by atoms with Crippen molar-refractivity contribution < 1.29 is 5.11 Å². The van der Waals surface area contributed by atoms with E-state index in [1.807, 2.05) is 48.5 Å². The smallest absolute Gasteiger partial charge is 0.184 e. The van der Waals surface area contributed by atoms with Crippen LogP contribution in [0.15, 0.2) is 72.8 Å². The molecule has 5 aromatic rings. The summed E-state index contributed by atoms with van der Waals surface area (Å²) < 4.78 is 1.11. The van der Waals surface area contributed by atoms with Crippen LogP contribution in [-0.2, 0) is 0 Å². The molecular weight excluding hydrogens is 447 g/mol. The molecule has 0 bridgehead atoms. The normalized spacial score (nSPS) is 12.4. The Kier molecular flexibility index (Phi) is 5.22. The van der Waals surface area contributed by atoms with E-state index in [1.165, 1.54) is 0 Å². The van der Waals surface area contributed by atoms with Crippen LogP contribution < -0.4 is 5.32 Å². The minimum Gasteiger partial charge on any atom is -0.508 e. The summed E-state index contributed by atoms with van der Waals surface area (Å²) in [7, 11) is 0. The Labute approximate surface area is 193 Å². The lowest BCUT2D eigenvalue weighted by Crippen LogP contribution is -2.13. The quantitative estimate of drug-likeness (QED) is 0.283. The van der Waals surface area contributed by atoms with Crippen molar-refractivity contribution in [1.29, 1.82) is 0 Å². The van der Waals surface area contributed by atoms with Gasteiger partial charge in [0.05, 0.1) is 26.3 Å². The van der Waals surface area contributed by atoms with Gasteiger partial charge in [-0.1, -0.05) is 83.1 Å². The Balaban J connectivity index is 1.71. The second-order valence-corrected chi connectivity index (χ2v) is 9.26. The van der Waals surface area contributed by atoms with Crippen LogP contribution in [0.25, 0.3) is 21.0 Å². The Morgan fingerprint density at radius 3 is 2.58 bits per heavy atom. The maximum Gasteiger partial charge on any atom is 0.184 e. The summed E-state index contributed by atoms with van der Waals surface area (Å²) in [5.41, 5.74) is 3.76. The zero-order valence-corrected chi connectivity index (χ0v) is 18.9. The third kappa shape index (κ3) is 3.72. The molecule has 1 unspecified atom stereocenters. The van der Waals surface area contributed by atoms with E-state index in [2.05, 4.69) is 24.4 Å². The van der Waals surface area contributed by atoms with Crippen molar-refractivity contribution in [1.82, 2.24) is 4.98 Å². The van der Waals surface area contributed by atoms with Gasteiger partial charge in [-0.15, -0.1) is 0 Å². The van der Waals surface area contributed by atoms with E-state index in [0.29, 0.717) is 10.0 Å². The van der Waals surface area contributed by atoms with Gasteiger partial charge in [-0.2, -0.15) is 0 Å². The minimum atomic E-state index is -0.373. The molecule has 0 saturated carbocycles. The predicted molar refractivity (Wildman–Crippen MR) is 132 cm³/mol. The zero-order valence-electron chi connectivity index (χ0n) is 16.6. The summed E-state index contributed by atoms with van der Waals surface area (Å²) in [5.74, 6) is 0.208. The summed E-state index contributed by atoms with van der Waals surface area (Å²) in [6.07, 6.45) is 0. The van der Waals surface area contributed by atoms with Gasteiger partial charge in [-0.3, -0.25) is 0 Å². The number of phenols is 1. The first-order valence-corrected chi connectivity index (χ1v) is 11.4. The van der Waals surface area contributed by atoms with Crippen molar-refractivity contribution in [3.05, 3.63) is 99.5 Å². The van der Waals surface area contributed by atoms with Crippen molar-refractivity contribution >= 4 is 60.7 Å². The highest BCUT2D eigenvalue weighted by Crippen LogP contribution is 2.40. The van der Waals surface area contributed by atoms with Crippen molar-refractivity contribution in [3.8, 4) is 5.75 Å². The third-order valence-corrected chi connectivity index (χ3v) is 7.09. The zero-order chi connectivity index (χ0) is 21.5. The molecule has 0 saturated heterocycles. The van der Waals surface area contributed by atoms with Crippen LogP contribution in [0.2, 0.25) is 10.0 Å². The van der Waals surface area contributed by atoms with Crippen molar-refractivity contribution in [2.45, 2.75) is 13.0 Å². The average molecular weight is 465 g/mol. The summed E-state index contributed by atoms with van der Waals surface area (Å²) in [5, 5.41) is 18.2. The van der Waals surface area contributed by atoms with Gasteiger partial charge >= 0.3 is 0 Å². The van der Waals surface area contributed by atoms with Gasteiger partial charge in [0, 0.05) is 5.56 Å². The molecule has 0 aliphatic heterocycles. The third-order valence-electron chi connectivity index (χ3n) is 5.40. The molecule has 0 aliphatic carbocycles. The number of hydrogen-bond acceptors (Lipinski definition) is 4. The molecule has 0 aliphatic rings. The van der Waals surface area contributed by atoms with Crippen LogP contribution in [0.1, 0.15) is 22.7 Å². The van der Waals surface area contributed by atoms with Crippen molar-refractivity contribution in [3.63, 3.8) is 0 Å². The fraction of sp³-hybridized carbons (Fsp3) is 0.0800. The molecule has 1 aromatic heterocycles. The first-order chi connectivity index (χ1) is 15.0. The van der Waals surface area contributed by atoms with Crippen LogP contribution in [0.5, 0.6) is 5.75 Å². The van der Waals surface area contributed by atoms with E-state index < -0.39 is 0 Å². The van der Waals surface area contributed by atoms with Crippen molar-refractivity contribution in [2.24, 2.45) is 0 Å². The topological polar surface area (TPSA) is 45.1 Å². The first-order valence-electron chi connectivity index (χ1n) is 9.79. The van der Waals surface area contributed by atoms with Crippen LogP contribution in [-0.4, -0.2) is 10.1 Å². The highest BCUT2D eigenvalue weighted by atomic mass is 35.5. The number of fused-ring (bicyclic) bond motifs is 2. The van der Waals surface area contributed by atoms with Crippen LogP contribution in [0.3, 0.4) is 0 Å². The fourth-order valence-electron chi connectivity index (χ4n) is 3.87. The Hall–Kier alpha value is -2.79. The summed E-state index contributed by atoms with van der Waals surface area (Å²) in [6, 6.07) is 23.0. The lowest BCUT2D eigenvalue weighted by molar-refractivity contribution is 0.468. The average Bonchev–Trinajstić information content (AvgIpc) is 3.19.